The number of hydrogen-bond donors (Lipinski definition) is 1. The van der Waals surface area contributed by atoms with Gasteiger partial charge in [0.2, 0.25) is 0 Å². The van der Waals surface area contributed by atoms with Crippen LogP contribution in [0.5, 0.6) is 0 Å². The van der Waals surface area contributed by atoms with E-state index in [2.05, 4.69) is 41.9 Å². The number of nitrogens with zero attached hydrogens (tertiary/aromatic N) is 1. The minimum Gasteiger partial charge on any atom is -0.281 e. The molecule has 1 N–H and O–H groups in total. The van der Waals surface area contributed by atoms with Crippen LogP contribution in [-0.4, -0.2) is 10.2 Å². The molecule has 1 aromatic heterocycles. The van der Waals surface area contributed by atoms with E-state index < -0.39 is 0 Å². The molecular weight excluding hydrogens is 220 g/mol. The molecule has 0 aliphatic carbocycles. The third-order valence-electron chi connectivity index (χ3n) is 3.51. The van der Waals surface area contributed by atoms with E-state index >= 15 is 0 Å². The van der Waals surface area contributed by atoms with Crippen molar-refractivity contribution < 1.29 is 0 Å². The summed E-state index contributed by atoms with van der Waals surface area (Å²) in [7, 11) is 0. The second-order valence-corrected chi connectivity index (χ2v) is 4.87. The summed E-state index contributed by atoms with van der Waals surface area (Å²) in [6, 6.07) is 8.33. The maximum absolute atomic E-state index is 4.39. The minimum atomic E-state index is 0.529. The molecular formula is C16H22N2. The Morgan fingerprint density at radius 2 is 2.17 bits per heavy atom. The van der Waals surface area contributed by atoms with Gasteiger partial charge < -0.3 is 0 Å². The van der Waals surface area contributed by atoms with E-state index in [1.165, 1.54) is 36.8 Å². The van der Waals surface area contributed by atoms with E-state index in [1.807, 2.05) is 12.1 Å². The standard InChI is InChI=1S/C16H22N2/c1-3-5-6-10-13(9-4-2)16-14-11-7-8-12-15(14)17-18-16/h4,7-8,11-13H,2-3,5-6,9-10H2,1H3,(H,17,18). The largest absolute Gasteiger partial charge is 0.281 e. The normalized spacial score (nSPS) is 12.7. The summed E-state index contributed by atoms with van der Waals surface area (Å²) in [6.07, 6.45) is 8.11. The van der Waals surface area contributed by atoms with Crippen molar-refractivity contribution in [1.82, 2.24) is 10.2 Å². The van der Waals surface area contributed by atoms with Crippen molar-refractivity contribution in [3.63, 3.8) is 0 Å². The molecule has 0 aliphatic rings. The van der Waals surface area contributed by atoms with Crippen LogP contribution in [0.25, 0.3) is 10.9 Å². The molecule has 1 aromatic carbocycles. The van der Waals surface area contributed by atoms with Crippen LogP contribution in [0, 0.1) is 0 Å². The lowest BCUT2D eigenvalue weighted by molar-refractivity contribution is 0.561. The molecule has 2 aromatic rings. The number of benzene rings is 1. The molecule has 0 spiro atoms. The molecule has 0 saturated carbocycles. The number of unbranched alkanes of at least 4 members (excludes halogenated alkanes) is 2. The first-order chi connectivity index (χ1) is 8.86. The summed E-state index contributed by atoms with van der Waals surface area (Å²) < 4.78 is 0. The number of fused-ring (bicyclic) bond motifs is 1. The molecule has 2 rings (SSSR count). The van der Waals surface area contributed by atoms with Gasteiger partial charge in [0.05, 0.1) is 5.52 Å². The lowest BCUT2D eigenvalue weighted by atomic mass is 9.92. The number of H-pyrrole nitrogens is 1. The zero-order valence-electron chi connectivity index (χ0n) is 11.2. The zero-order valence-corrected chi connectivity index (χ0v) is 11.2. The molecule has 1 atom stereocenters. The maximum Gasteiger partial charge on any atom is 0.0923 e. The van der Waals surface area contributed by atoms with Crippen LogP contribution in [0.2, 0.25) is 0 Å². The lowest BCUT2D eigenvalue weighted by Crippen LogP contribution is -1.99. The van der Waals surface area contributed by atoms with Crippen molar-refractivity contribution in [1.29, 1.82) is 0 Å². The van der Waals surface area contributed by atoms with Crippen LogP contribution in [0.3, 0.4) is 0 Å². The molecule has 2 nitrogen and oxygen atoms in total. The Morgan fingerprint density at radius 3 is 2.94 bits per heavy atom. The van der Waals surface area contributed by atoms with E-state index in [-0.39, 0.29) is 0 Å². The third-order valence-corrected chi connectivity index (χ3v) is 3.51. The van der Waals surface area contributed by atoms with Crippen LogP contribution in [0.1, 0.15) is 50.6 Å². The summed E-state index contributed by atoms with van der Waals surface area (Å²) in [5, 5.41) is 8.88. The van der Waals surface area contributed by atoms with Gasteiger partial charge in [0.15, 0.2) is 0 Å². The first-order valence-corrected chi connectivity index (χ1v) is 6.90. The minimum absolute atomic E-state index is 0.529. The van der Waals surface area contributed by atoms with E-state index in [1.54, 1.807) is 0 Å². The van der Waals surface area contributed by atoms with Crippen molar-refractivity contribution in [3.05, 3.63) is 42.6 Å². The predicted molar refractivity (Wildman–Crippen MR) is 77.8 cm³/mol. The second kappa shape index (κ2) is 6.39. The smallest absolute Gasteiger partial charge is 0.0923 e. The van der Waals surface area contributed by atoms with Gasteiger partial charge in [0.1, 0.15) is 0 Å². The lowest BCUT2D eigenvalue weighted by Gasteiger charge is -2.13. The predicted octanol–water partition coefficient (Wildman–Crippen LogP) is 4.80. The summed E-state index contributed by atoms with van der Waals surface area (Å²) in [5.74, 6) is 0.529. The highest BCUT2D eigenvalue weighted by molar-refractivity contribution is 5.81. The van der Waals surface area contributed by atoms with Crippen LogP contribution in [-0.2, 0) is 0 Å². The molecule has 0 saturated heterocycles. The van der Waals surface area contributed by atoms with Crippen molar-refractivity contribution in [2.45, 2.75) is 44.9 Å². The summed E-state index contributed by atoms with van der Waals surface area (Å²) in [4.78, 5) is 0. The Labute approximate surface area is 109 Å². The van der Waals surface area contributed by atoms with Gasteiger partial charge in [0.25, 0.3) is 0 Å². The number of aromatic nitrogens is 2. The van der Waals surface area contributed by atoms with Gasteiger partial charge >= 0.3 is 0 Å². The fourth-order valence-corrected chi connectivity index (χ4v) is 2.51. The Hall–Kier alpha value is -1.57. The number of para-hydroxylation sites is 1. The quantitative estimate of drug-likeness (QED) is 0.548. The topological polar surface area (TPSA) is 28.7 Å². The Kier molecular flexibility index (Phi) is 4.57. The molecule has 0 fully saturated rings. The molecule has 0 amide bonds. The Bertz CT molecular complexity index is 499. The van der Waals surface area contributed by atoms with Crippen LogP contribution in [0.4, 0.5) is 0 Å². The highest BCUT2D eigenvalue weighted by atomic mass is 15.1. The van der Waals surface area contributed by atoms with Crippen molar-refractivity contribution >= 4 is 10.9 Å². The molecule has 0 bridgehead atoms. The van der Waals surface area contributed by atoms with E-state index in [0.717, 1.165) is 11.9 Å². The first-order valence-electron chi connectivity index (χ1n) is 6.90. The van der Waals surface area contributed by atoms with Crippen LogP contribution < -0.4 is 0 Å². The van der Waals surface area contributed by atoms with Gasteiger partial charge in [-0.3, -0.25) is 5.10 Å². The maximum atomic E-state index is 4.39. The average Bonchev–Trinajstić information content (AvgIpc) is 2.82. The molecule has 1 heterocycles. The van der Waals surface area contributed by atoms with Crippen molar-refractivity contribution in [2.75, 3.05) is 0 Å². The fraction of sp³-hybridized carbons (Fsp3) is 0.438. The number of rotatable bonds is 7. The number of aromatic amines is 1. The Balaban J connectivity index is 2.21. The first kappa shape index (κ1) is 12.9. The highest BCUT2D eigenvalue weighted by Gasteiger charge is 2.15. The number of allylic oxidation sites excluding steroid dienone is 1. The van der Waals surface area contributed by atoms with Crippen LogP contribution >= 0.6 is 0 Å². The molecule has 18 heavy (non-hydrogen) atoms. The summed E-state index contributed by atoms with van der Waals surface area (Å²) in [5.41, 5.74) is 2.35. The molecule has 2 heteroatoms. The van der Waals surface area contributed by atoms with Crippen LogP contribution in [0.15, 0.2) is 36.9 Å². The number of nitrogens with one attached hydrogen (secondary N) is 1. The monoisotopic (exact) mass is 242 g/mol. The fourth-order valence-electron chi connectivity index (χ4n) is 2.51. The van der Waals surface area contributed by atoms with E-state index in [9.17, 15) is 0 Å². The molecule has 0 radical (unpaired) electrons. The third kappa shape index (κ3) is 2.81. The van der Waals surface area contributed by atoms with Gasteiger partial charge in [-0.1, -0.05) is 50.5 Å². The SMILES string of the molecule is C=CCC(CCCCC)c1[nH]nc2ccccc12. The van der Waals surface area contributed by atoms with E-state index in [0.29, 0.717) is 5.92 Å². The van der Waals surface area contributed by atoms with Gasteiger partial charge in [-0.2, -0.15) is 5.10 Å². The van der Waals surface area contributed by atoms with Gasteiger partial charge in [-0.05, 0) is 18.9 Å². The highest BCUT2D eigenvalue weighted by Crippen LogP contribution is 2.30. The summed E-state index contributed by atoms with van der Waals surface area (Å²) in [6.45, 7) is 6.13. The average molecular weight is 242 g/mol. The van der Waals surface area contributed by atoms with Gasteiger partial charge in [-0.15, -0.1) is 6.58 Å². The summed E-state index contributed by atoms with van der Waals surface area (Å²) >= 11 is 0. The molecule has 1 unspecified atom stereocenters. The van der Waals surface area contributed by atoms with Gasteiger partial charge in [0, 0.05) is 17.0 Å². The van der Waals surface area contributed by atoms with E-state index in [4.69, 9.17) is 0 Å². The van der Waals surface area contributed by atoms with Crippen molar-refractivity contribution in [2.24, 2.45) is 0 Å². The molecule has 96 valence electrons. The van der Waals surface area contributed by atoms with Gasteiger partial charge in [-0.25, -0.2) is 0 Å². The Morgan fingerprint density at radius 1 is 1.33 bits per heavy atom. The zero-order chi connectivity index (χ0) is 12.8. The number of hydrogen-bond acceptors (Lipinski definition) is 1. The van der Waals surface area contributed by atoms with Crippen molar-refractivity contribution in [3.8, 4) is 0 Å². The second-order valence-electron chi connectivity index (χ2n) is 4.87. The molecule has 0 aliphatic heterocycles.